The summed E-state index contributed by atoms with van der Waals surface area (Å²) in [4.78, 5) is 0. The van der Waals surface area contributed by atoms with E-state index in [2.05, 4.69) is 0 Å². The molecule has 0 saturated carbocycles. The van der Waals surface area contributed by atoms with Gasteiger partial charge in [-0.1, -0.05) is 20.8 Å². The van der Waals surface area contributed by atoms with Crippen molar-refractivity contribution in [3.8, 4) is 0 Å². The fourth-order valence-corrected chi connectivity index (χ4v) is 4.78. The maximum atomic E-state index is 14.3. The van der Waals surface area contributed by atoms with E-state index < -0.39 is 43.1 Å². The van der Waals surface area contributed by atoms with Gasteiger partial charge in [-0.15, -0.1) is 0 Å². The van der Waals surface area contributed by atoms with Gasteiger partial charge in [0.1, 0.15) is 5.19 Å². The van der Waals surface area contributed by atoms with Crippen molar-refractivity contribution in [2.75, 3.05) is 19.8 Å². The lowest BCUT2D eigenvalue weighted by molar-refractivity contribution is 0.0713. The highest BCUT2D eigenvalue weighted by molar-refractivity contribution is 6.75. The molecule has 0 aromatic heterocycles. The standard InChI is InChI=1S/C15H21F5O3Si/c1-4-7-21-24(22-8-5-2,23-9-6-3)15-13(19)11(17)10(16)12(18)14(15)20/h4-9H2,1-3H3. The van der Waals surface area contributed by atoms with Gasteiger partial charge in [-0.05, 0) is 19.3 Å². The number of rotatable bonds is 10. The van der Waals surface area contributed by atoms with Crippen molar-refractivity contribution < 1.29 is 35.2 Å². The molecule has 0 saturated heterocycles. The minimum absolute atomic E-state index is 0.000848. The van der Waals surface area contributed by atoms with E-state index in [4.69, 9.17) is 13.3 Å². The number of halogens is 5. The molecule has 0 fully saturated rings. The molecule has 3 nitrogen and oxygen atoms in total. The highest BCUT2D eigenvalue weighted by atomic mass is 28.4. The summed E-state index contributed by atoms with van der Waals surface area (Å²) in [6.07, 6.45) is 1.36. The van der Waals surface area contributed by atoms with Crippen LogP contribution in [0.3, 0.4) is 0 Å². The molecular formula is C15H21F5O3Si. The second-order valence-electron chi connectivity index (χ2n) is 5.05. The zero-order valence-electron chi connectivity index (χ0n) is 13.9. The summed E-state index contributed by atoms with van der Waals surface area (Å²) in [6, 6.07) is 0. The number of hydrogen-bond donors (Lipinski definition) is 0. The molecule has 0 aliphatic carbocycles. The van der Waals surface area contributed by atoms with Gasteiger partial charge in [0.2, 0.25) is 5.82 Å². The minimum Gasteiger partial charge on any atom is -0.370 e. The Morgan fingerprint density at radius 3 is 1.17 bits per heavy atom. The van der Waals surface area contributed by atoms with Gasteiger partial charge >= 0.3 is 8.80 Å². The van der Waals surface area contributed by atoms with Gasteiger partial charge in [0.05, 0.1) is 0 Å². The predicted molar refractivity (Wildman–Crippen MR) is 80.3 cm³/mol. The molecule has 0 radical (unpaired) electrons. The van der Waals surface area contributed by atoms with E-state index in [9.17, 15) is 22.0 Å². The highest BCUT2D eigenvalue weighted by Gasteiger charge is 2.51. The third-order valence-corrected chi connectivity index (χ3v) is 5.81. The lowest BCUT2D eigenvalue weighted by Crippen LogP contribution is -2.60. The monoisotopic (exact) mass is 372 g/mol. The Morgan fingerprint density at radius 2 is 0.875 bits per heavy atom. The molecule has 0 spiro atoms. The van der Waals surface area contributed by atoms with Crippen LogP contribution in [-0.4, -0.2) is 28.6 Å². The molecule has 24 heavy (non-hydrogen) atoms. The summed E-state index contributed by atoms with van der Waals surface area (Å²) in [7, 11) is -4.31. The second-order valence-corrected chi connectivity index (χ2v) is 7.52. The van der Waals surface area contributed by atoms with Crippen LogP contribution >= 0.6 is 0 Å². The first-order chi connectivity index (χ1) is 11.4. The Kier molecular flexibility index (Phi) is 8.27. The molecule has 1 aromatic rings. The van der Waals surface area contributed by atoms with E-state index in [0.717, 1.165) is 0 Å². The quantitative estimate of drug-likeness (QED) is 0.271. The zero-order chi connectivity index (χ0) is 18.3. The molecule has 0 atom stereocenters. The first-order valence-electron chi connectivity index (χ1n) is 7.79. The molecule has 0 amide bonds. The number of hydrogen-bond acceptors (Lipinski definition) is 3. The van der Waals surface area contributed by atoms with Crippen LogP contribution in [-0.2, 0) is 13.3 Å². The molecule has 0 unspecified atom stereocenters. The summed E-state index contributed by atoms with van der Waals surface area (Å²) < 4.78 is 85.3. The van der Waals surface area contributed by atoms with Gasteiger partial charge in [0.25, 0.3) is 0 Å². The van der Waals surface area contributed by atoms with Gasteiger partial charge in [-0.25, -0.2) is 22.0 Å². The van der Waals surface area contributed by atoms with Crippen molar-refractivity contribution in [1.82, 2.24) is 0 Å². The van der Waals surface area contributed by atoms with Gasteiger partial charge in [0, 0.05) is 19.8 Å². The Bertz CT molecular complexity index is 506. The summed E-state index contributed by atoms with van der Waals surface area (Å²) in [6.45, 7) is 5.20. The van der Waals surface area contributed by atoms with Crippen LogP contribution in [0.15, 0.2) is 0 Å². The first kappa shape index (κ1) is 21.0. The van der Waals surface area contributed by atoms with Crippen LogP contribution in [0.1, 0.15) is 40.0 Å². The van der Waals surface area contributed by atoms with Crippen molar-refractivity contribution >= 4 is 14.0 Å². The van der Waals surface area contributed by atoms with Gasteiger partial charge in [-0.2, -0.15) is 0 Å². The molecular weight excluding hydrogens is 351 g/mol. The van der Waals surface area contributed by atoms with E-state index in [1.165, 1.54) is 0 Å². The van der Waals surface area contributed by atoms with Crippen molar-refractivity contribution in [3.05, 3.63) is 29.1 Å². The van der Waals surface area contributed by atoms with Crippen LogP contribution in [0.25, 0.3) is 0 Å². The summed E-state index contributed by atoms with van der Waals surface area (Å²) in [5, 5.41) is -1.13. The third kappa shape index (κ3) is 4.32. The first-order valence-corrected chi connectivity index (χ1v) is 9.52. The van der Waals surface area contributed by atoms with Crippen LogP contribution in [0.2, 0.25) is 0 Å². The summed E-state index contributed by atoms with van der Waals surface area (Å²) in [5.41, 5.74) is 0. The smallest absolute Gasteiger partial charge is 0.370 e. The van der Waals surface area contributed by atoms with Crippen molar-refractivity contribution in [1.29, 1.82) is 0 Å². The summed E-state index contributed by atoms with van der Waals surface area (Å²) in [5.74, 6) is -10.2. The molecule has 1 rings (SSSR count). The van der Waals surface area contributed by atoms with Crippen LogP contribution in [0.4, 0.5) is 22.0 Å². The second kappa shape index (κ2) is 9.45. The van der Waals surface area contributed by atoms with Crippen LogP contribution < -0.4 is 5.19 Å². The lowest BCUT2D eigenvalue weighted by Gasteiger charge is -2.30. The van der Waals surface area contributed by atoms with E-state index in [1.54, 1.807) is 20.8 Å². The molecule has 0 heterocycles. The zero-order valence-corrected chi connectivity index (χ0v) is 14.9. The van der Waals surface area contributed by atoms with Gasteiger partial charge in [0.15, 0.2) is 23.3 Å². The fraction of sp³-hybridized carbons (Fsp3) is 0.600. The molecule has 0 aliphatic heterocycles. The average molecular weight is 372 g/mol. The van der Waals surface area contributed by atoms with E-state index in [1.807, 2.05) is 0 Å². The largest absolute Gasteiger partial charge is 0.543 e. The van der Waals surface area contributed by atoms with Gasteiger partial charge < -0.3 is 13.3 Å². The maximum absolute atomic E-state index is 14.3. The highest BCUT2D eigenvalue weighted by Crippen LogP contribution is 2.22. The van der Waals surface area contributed by atoms with Crippen LogP contribution in [0, 0.1) is 29.1 Å². The number of benzene rings is 1. The molecule has 0 N–H and O–H groups in total. The Hall–Kier alpha value is -1.03. The van der Waals surface area contributed by atoms with Gasteiger partial charge in [-0.3, -0.25) is 0 Å². The van der Waals surface area contributed by atoms with E-state index in [-0.39, 0.29) is 19.8 Å². The third-order valence-electron chi connectivity index (χ3n) is 3.00. The molecule has 0 bridgehead atoms. The van der Waals surface area contributed by atoms with Crippen molar-refractivity contribution in [3.63, 3.8) is 0 Å². The predicted octanol–water partition coefficient (Wildman–Crippen LogP) is 3.81. The fourth-order valence-electron chi connectivity index (χ4n) is 1.92. The Labute approximate surface area is 139 Å². The average Bonchev–Trinajstić information content (AvgIpc) is 2.59. The van der Waals surface area contributed by atoms with E-state index >= 15 is 0 Å². The molecule has 0 aliphatic rings. The normalized spacial score (nSPS) is 12.0. The maximum Gasteiger partial charge on any atom is 0.543 e. The molecule has 1 aromatic carbocycles. The topological polar surface area (TPSA) is 27.7 Å². The Balaban J connectivity index is 3.56. The lowest BCUT2D eigenvalue weighted by atomic mass is 10.3. The molecule has 138 valence electrons. The molecule has 9 heteroatoms. The minimum atomic E-state index is -4.31. The Morgan fingerprint density at radius 1 is 0.583 bits per heavy atom. The van der Waals surface area contributed by atoms with Crippen LogP contribution in [0.5, 0.6) is 0 Å². The van der Waals surface area contributed by atoms with Crippen molar-refractivity contribution in [2.24, 2.45) is 0 Å². The van der Waals surface area contributed by atoms with Crippen molar-refractivity contribution in [2.45, 2.75) is 40.0 Å². The van der Waals surface area contributed by atoms with E-state index in [0.29, 0.717) is 19.3 Å². The SMILES string of the molecule is CCCO[Si](OCCC)(OCCC)c1c(F)c(F)c(F)c(F)c1F. The summed E-state index contributed by atoms with van der Waals surface area (Å²) >= 11 is 0.